The molecule has 1 aliphatic rings. The third-order valence-electron chi connectivity index (χ3n) is 9.28. The van der Waals surface area contributed by atoms with Crippen molar-refractivity contribution in [1.82, 2.24) is 19.4 Å². The Morgan fingerprint density at radius 3 is 2.13 bits per heavy atom. The van der Waals surface area contributed by atoms with Gasteiger partial charge in [-0.15, -0.1) is 35.9 Å². The third-order valence-corrected chi connectivity index (χ3v) is 9.28. The average Bonchev–Trinajstić information content (AvgIpc) is 3.91. The van der Waals surface area contributed by atoms with Crippen LogP contribution < -0.4 is 4.90 Å². The Labute approximate surface area is 321 Å². The number of pyridine rings is 1. The van der Waals surface area contributed by atoms with E-state index in [0.29, 0.717) is 23.6 Å². The first-order chi connectivity index (χ1) is 24.7. The van der Waals surface area contributed by atoms with E-state index in [2.05, 4.69) is 147 Å². The Kier molecular flexibility index (Phi) is 11.1. The smallest absolute Gasteiger partial charge is 0.506 e. The number of anilines is 1. The van der Waals surface area contributed by atoms with Crippen LogP contribution in [0.4, 0.5) is 5.69 Å². The first-order valence-corrected chi connectivity index (χ1v) is 17.7. The summed E-state index contributed by atoms with van der Waals surface area (Å²) in [5.74, 6) is 1.71. The van der Waals surface area contributed by atoms with Crippen molar-refractivity contribution in [3.8, 4) is 28.2 Å². The van der Waals surface area contributed by atoms with Crippen LogP contribution in [0.3, 0.4) is 0 Å². The van der Waals surface area contributed by atoms with Crippen LogP contribution >= 0.6 is 0 Å². The molecule has 7 aromatic rings. The second-order valence-electron chi connectivity index (χ2n) is 13.9. The summed E-state index contributed by atoms with van der Waals surface area (Å²) in [5.41, 5.74) is 10.8. The van der Waals surface area contributed by atoms with Gasteiger partial charge in [0, 0.05) is 34.7 Å². The van der Waals surface area contributed by atoms with Gasteiger partial charge in [-0.25, -0.2) is 4.98 Å². The number of imidazole rings is 1. The SMILES string of the molecule is CC(C)c1cc(-c2ccccc2)cc(C(C)C)c1-n1ccnc1-c1[c-]cccc1.Cc1ccc2c(n1)oc1c(N3C=CN(C(C)C)[CH-]3)[c-]ccc12.[Ir+3]. The third kappa shape index (κ3) is 7.34. The van der Waals surface area contributed by atoms with E-state index in [9.17, 15) is 0 Å². The first-order valence-electron chi connectivity index (χ1n) is 17.7. The largest absolute Gasteiger partial charge is 3.00 e. The fourth-order valence-electron chi connectivity index (χ4n) is 6.55. The van der Waals surface area contributed by atoms with E-state index in [1.807, 2.05) is 60.6 Å². The van der Waals surface area contributed by atoms with Gasteiger partial charge in [-0.2, -0.15) is 24.9 Å². The van der Waals surface area contributed by atoms with E-state index in [1.165, 1.54) is 27.9 Å². The number of hydrogen-bond donors (Lipinski definition) is 0. The molecule has 0 radical (unpaired) electrons. The van der Waals surface area contributed by atoms with Gasteiger partial charge in [-0.05, 0) is 97.6 Å². The van der Waals surface area contributed by atoms with Crippen LogP contribution in [0.2, 0.25) is 0 Å². The van der Waals surface area contributed by atoms with Crippen molar-refractivity contribution in [2.24, 2.45) is 0 Å². The molecule has 0 amide bonds. The number of rotatable bonds is 7. The minimum Gasteiger partial charge on any atom is -0.506 e. The zero-order valence-corrected chi connectivity index (χ0v) is 33.2. The molecular formula is C45H44IrN5O. The molecule has 1 aliphatic heterocycles. The van der Waals surface area contributed by atoms with Crippen LogP contribution in [0.15, 0.2) is 120 Å². The second kappa shape index (κ2) is 15.7. The summed E-state index contributed by atoms with van der Waals surface area (Å²) in [6.07, 6.45) is 8.04. The minimum absolute atomic E-state index is 0. The van der Waals surface area contributed by atoms with E-state index in [4.69, 9.17) is 4.42 Å². The summed E-state index contributed by atoms with van der Waals surface area (Å²) in [6, 6.07) is 38.5. The Balaban J connectivity index is 0.000000181. The van der Waals surface area contributed by atoms with Crippen LogP contribution in [-0.2, 0) is 20.1 Å². The van der Waals surface area contributed by atoms with E-state index in [1.54, 1.807) is 0 Å². The second-order valence-corrected chi connectivity index (χ2v) is 13.9. The number of fused-ring (bicyclic) bond motifs is 3. The fraction of sp³-hybridized carbons (Fsp3) is 0.222. The molecule has 0 unspecified atom stereocenters. The van der Waals surface area contributed by atoms with Gasteiger partial charge in [0.1, 0.15) is 0 Å². The van der Waals surface area contributed by atoms with Gasteiger partial charge in [0.2, 0.25) is 5.71 Å². The van der Waals surface area contributed by atoms with E-state index >= 15 is 0 Å². The predicted octanol–water partition coefficient (Wildman–Crippen LogP) is 11.5. The normalized spacial score (nSPS) is 12.7. The molecular weight excluding hydrogens is 819 g/mol. The van der Waals surface area contributed by atoms with Crippen molar-refractivity contribution in [3.63, 3.8) is 0 Å². The van der Waals surface area contributed by atoms with Gasteiger partial charge in [0.05, 0.1) is 5.82 Å². The van der Waals surface area contributed by atoms with Crippen molar-refractivity contribution in [3.05, 3.63) is 151 Å². The van der Waals surface area contributed by atoms with Crippen molar-refractivity contribution in [1.29, 1.82) is 0 Å². The molecule has 8 rings (SSSR count). The molecule has 7 heteroatoms. The van der Waals surface area contributed by atoms with Crippen LogP contribution in [0.25, 0.3) is 50.3 Å². The van der Waals surface area contributed by atoms with Gasteiger partial charge in [-0.3, -0.25) is 4.98 Å². The maximum absolute atomic E-state index is 6.02. The topological polar surface area (TPSA) is 50.3 Å². The monoisotopic (exact) mass is 863 g/mol. The maximum Gasteiger partial charge on any atom is 3.00 e. The predicted molar refractivity (Wildman–Crippen MR) is 209 cm³/mol. The Morgan fingerprint density at radius 1 is 0.750 bits per heavy atom. The fourth-order valence-corrected chi connectivity index (χ4v) is 6.55. The summed E-state index contributed by atoms with van der Waals surface area (Å²) in [5, 5.41) is 2.11. The summed E-state index contributed by atoms with van der Waals surface area (Å²) in [7, 11) is 0. The average molecular weight is 863 g/mol. The van der Waals surface area contributed by atoms with Gasteiger partial charge in [-0.1, -0.05) is 69.1 Å². The van der Waals surface area contributed by atoms with Crippen molar-refractivity contribution < 1.29 is 24.5 Å². The van der Waals surface area contributed by atoms with Crippen molar-refractivity contribution in [2.45, 2.75) is 66.3 Å². The standard InChI is InChI=1S/C27H27N2.C18H17N3O.Ir/c1-19(2)24-17-23(21-11-7-5-8-12-21)18-25(20(3)4)26(24)29-16-15-28-27(29)22-13-9-6-10-14-22;1-12(2)20-9-10-21(11-20)16-6-4-5-14-15-8-7-13(3)19-18(15)22-17(14)16;/h5-13,15-20H,1-4H3;4-5,7-12H,1-3H3;/q-1;-2;+3. The molecule has 0 aliphatic carbocycles. The quantitative estimate of drug-likeness (QED) is 0.149. The van der Waals surface area contributed by atoms with E-state index < -0.39 is 0 Å². The first kappa shape index (κ1) is 36.8. The molecule has 0 fully saturated rings. The van der Waals surface area contributed by atoms with Crippen molar-refractivity contribution >= 4 is 27.8 Å². The maximum atomic E-state index is 6.02. The number of nitrogens with zero attached hydrogens (tertiary/aromatic N) is 5. The zero-order chi connectivity index (χ0) is 35.6. The van der Waals surface area contributed by atoms with Crippen LogP contribution in [0.5, 0.6) is 0 Å². The molecule has 4 heterocycles. The van der Waals surface area contributed by atoms with Gasteiger partial charge in [0.25, 0.3) is 0 Å². The molecule has 0 N–H and O–H groups in total. The summed E-state index contributed by atoms with van der Waals surface area (Å²) < 4.78 is 8.26. The Morgan fingerprint density at radius 2 is 1.48 bits per heavy atom. The van der Waals surface area contributed by atoms with Gasteiger partial charge >= 0.3 is 20.1 Å². The Bertz CT molecular complexity index is 2270. The molecule has 0 saturated heterocycles. The number of hydrogen-bond acceptors (Lipinski definition) is 5. The van der Waals surface area contributed by atoms with E-state index in [-0.39, 0.29) is 20.1 Å². The van der Waals surface area contributed by atoms with Crippen LogP contribution in [0.1, 0.15) is 70.2 Å². The molecule has 264 valence electrons. The molecule has 4 aromatic carbocycles. The summed E-state index contributed by atoms with van der Waals surface area (Å²) in [6.45, 7) is 17.4. The molecule has 3 aromatic heterocycles. The van der Waals surface area contributed by atoms with Crippen LogP contribution in [-0.4, -0.2) is 25.5 Å². The van der Waals surface area contributed by atoms with Gasteiger partial charge < -0.3 is 18.8 Å². The van der Waals surface area contributed by atoms with Crippen molar-refractivity contribution in [2.75, 3.05) is 4.90 Å². The van der Waals surface area contributed by atoms with E-state index in [0.717, 1.165) is 39.1 Å². The van der Waals surface area contributed by atoms with Gasteiger partial charge in [0.15, 0.2) is 0 Å². The summed E-state index contributed by atoms with van der Waals surface area (Å²) >= 11 is 0. The number of aryl methyl sites for hydroxylation is 1. The number of aromatic nitrogens is 3. The number of benzene rings is 4. The minimum atomic E-state index is 0. The zero-order valence-electron chi connectivity index (χ0n) is 30.8. The van der Waals surface area contributed by atoms with Crippen LogP contribution in [0, 0.1) is 25.7 Å². The molecule has 6 nitrogen and oxygen atoms in total. The molecule has 0 atom stereocenters. The number of furan rings is 1. The molecule has 52 heavy (non-hydrogen) atoms. The Hall–Kier alpha value is -4.97. The summed E-state index contributed by atoms with van der Waals surface area (Å²) in [4.78, 5) is 13.4. The molecule has 0 bridgehead atoms. The molecule has 0 saturated carbocycles. The molecule has 0 spiro atoms.